The van der Waals surface area contributed by atoms with Crippen molar-refractivity contribution >= 4 is 33.8 Å². The lowest BCUT2D eigenvalue weighted by Crippen LogP contribution is -2.23. The Balaban J connectivity index is 1.23. The molecule has 68 heavy (non-hydrogen) atoms. The van der Waals surface area contributed by atoms with Gasteiger partial charge < -0.3 is 10.2 Å². The predicted molar refractivity (Wildman–Crippen MR) is 278 cm³/mol. The third-order valence-electron chi connectivity index (χ3n) is 14.4. The fraction of sp³-hybridized carbons (Fsp3) is 0.467. The van der Waals surface area contributed by atoms with Crippen LogP contribution in [-0.4, -0.2) is 22.4 Å². The Hall–Kier alpha value is -5.32. The molecule has 0 radical (unpaired) electrons. The van der Waals surface area contributed by atoms with Crippen LogP contribution in [0.2, 0.25) is 0 Å². The summed E-state index contributed by atoms with van der Waals surface area (Å²) in [6.07, 6.45) is 24.6. The third kappa shape index (κ3) is 11.6. The highest BCUT2D eigenvalue weighted by atomic mass is 32.1. The van der Waals surface area contributed by atoms with E-state index < -0.39 is 24.0 Å². The van der Waals surface area contributed by atoms with Crippen molar-refractivity contribution < 1.29 is 10.2 Å². The molecule has 2 aliphatic rings. The molecule has 2 aromatic heterocycles. The number of thiophene rings is 2. The zero-order valence-corrected chi connectivity index (χ0v) is 41.9. The molecule has 2 aliphatic carbocycles. The first-order valence-electron chi connectivity index (χ1n) is 25.7. The van der Waals surface area contributed by atoms with E-state index >= 15 is 0 Å². The van der Waals surface area contributed by atoms with Crippen molar-refractivity contribution in [3.05, 3.63) is 125 Å². The zero-order valence-electron chi connectivity index (χ0n) is 40.3. The van der Waals surface area contributed by atoms with Gasteiger partial charge in [-0.25, -0.2) is 0 Å². The highest BCUT2D eigenvalue weighted by Gasteiger charge is 2.32. The number of fused-ring (bicyclic) bond motifs is 4. The molecule has 3 aromatic carbocycles. The number of aliphatic hydroxyl groups excluding tert-OH is 2. The van der Waals surface area contributed by atoms with Crippen LogP contribution in [-0.2, 0) is 12.8 Å². The molecule has 0 saturated carbocycles. The maximum absolute atomic E-state index is 11.1. The first-order valence-corrected chi connectivity index (χ1v) is 27.4. The molecule has 4 atom stereocenters. The molecule has 6 nitrogen and oxygen atoms in total. The van der Waals surface area contributed by atoms with Gasteiger partial charge in [0.05, 0.1) is 24.3 Å². The van der Waals surface area contributed by atoms with Crippen molar-refractivity contribution in [3.8, 4) is 45.2 Å². The lowest BCUT2D eigenvalue weighted by molar-refractivity contribution is 0.210. The monoisotopic (exact) mass is 940 g/mol. The Morgan fingerprint density at radius 2 is 0.765 bits per heavy atom. The van der Waals surface area contributed by atoms with Gasteiger partial charge in [0.25, 0.3) is 0 Å². The quantitative estimate of drug-likeness (QED) is 0.0379. The average Bonchev–Trinajstić information content (AvgIpc) is 4.17. The predicted octanol–water partition coefficient (Wildman–Crippen LogP) is 13.7. The number of aryl methyl sites for hydroxylation is 2. The SMILES string of the molecule is CCCCCCCCCCCCc1ccsc1-c1ccc2c(c1)=C(C(C#N)C(O)C#N)c1cc3c(cc1=2)C(C(C#N)C(O)C#N)=c1cc(-c2sccc2CCCCCCCCCCCC)ccc1=3. The second kappa shape index (κ2) is 25.3. The Kier molecular flexibility index (Phi) is 18.8. The summed E-state index contributed by atoms with van der Waals surface area (Å²) >= 11 is 3.42. The standard InChI is InChI=1S/C60H68N4O2S2/c1-3-5-7-9-11-13-15-17-19-21-23-41-29-31-67-59(41)43-25-27-45-47-35-52-48(36-51(47)57(49(45)33-43)53(37-61)55(65)39-63)46-28-26-44(34-50(46)58(52)54(38-62)56(66)40-64)60-42(30-32-68-60)24-22-20-18-16-14-12-10-8-6-4-2/h25-36,53-56,65-66H,3-24H2,1-2H3. The summed E-state index contributed by atoms with van der Waals surface area (Å²) in [5.41, 5.74) is 7.43. The Bertz CT molecular complexity index is 2820. The van der Waals surface area contributed by atoms with Crippen LogP contribution in [0.1, 0.15) is 165 Å². The molecule has 0 aliphatic heterocycles. The molecule has 2 N–H and O–H groups in total. The van der Waals surface area contributed by atoms with Crippen LogP contribution in [0.5, 0.6) is 0 Å². The number of hydrogen-bond donors (Lipinski definition) is 2. The minimum Gasteiger partial charge on any atom is -0.376 e. The van der Waals surface area contributed by atoms with E-state index in [-0.39, 0.29) is 0 Å². The normalized spacial score (nSPS) is 13.9. The van der Waals surface area contributed by atoms with Crippen molar-refractivity contribution in [1.82, 2.24) is 0 Å². The van der Waals surface area contributed by atoms with E-state index in [9.17, 15) is 31.3 Å². The summed E-state index contributed by atoms with van der Waals surface area (Å²) < 4.78 is 0. The van der Waals surface area contributed by atoms with E-state index in [1.54, 1.807) is 22.7 Å². The molecule has 2 heterocycles. The molecule has 0 spiro atoms. The fourth-order valence-electron chi connectivity index (χ4n) is 10.7. The van der Waals surface area contributed by atoms with Gasteiger partial charge in [0, 0.05) is 9.75 Å². The van der Waals surface area contributed by atoms with Crippen LogP contribution in [0, 0.1) is 78.0 Å². The van der Waals surface area contributed by atoms with Crippen molar-refractivity contribution in [2.75, 3.05) is 0 Å². The highest BCUT2D eigenvalue weighted by Crippen LogP contribution is 2.38. The minimum atomic E-state index is -1.55. The van der Waals surface area contributed by atoms with Gasteiger partial charge in [-0.1, -0.05) is 154 Å². The molecule has 7 rings (SSSR count). The lowest BCUT2D eigenvalue weighted by atomic mass is 9.86. The van der Waals surface area contributed by atoms with E-state index in [0.29, 0.717) is 11.1 Å². The van der Waals surface area contributed by atoms with Gasteiger partial charge in [-0.15, -0.1) is 22.7 Å². The maximum atomic E-state index is 11.1. The Labute approximate surface area is 412 Å². The van der Waals surface area contributed by atoms with Crippen LogP contribution >= 0.6 is 22.7 Å². The van der Waals surface area contributed by atoms with E-state index in [2.05, 4.69) is 85.3 Å². The van der Waals surface area contributed by atoms with Crippen LogP contribution < -0.4 is 10.4 Å². The number of hydrogen-bond acceptors (Lipinski definition) is 8. The number of rotatable bonds is 28. The Morgan fingerprint density at radius 1 is 0.412 bits per heavy atom. The van der Waals surface area contributed by atoms with Gasteiger partial charge in [-0.3, -0.25) is 0 Å². The molecule has 0 saturated heterocycles. The molecular weight excluding hydrogens is 873 g/mol. The molecule has 0 fully saturated rings. The van der Waals surface area contributed by atoms with Crippen molar-refractivity contribution in [2.45, 2.75) is 167 Å². The van der Waals surface area contributed by atoms with Gasteiger partial charge in [0.2, 0.25) is 0 Å². The smallest absolute Gasteiger partial charge is 0.160 e. The van der Waals surface area contributed by atoms with Gasteiger partial charge in [0.1, 0.15) is 11.8 Å². The van der Waals surface area contributed by atoms with Crippen LogP contribution in [0.15, 0.2) is 71.4 Å². The van der Waals surface area contributed by atoms with Gasteiger partial charge in [-0.05, 0) is 149 Å². The van der Waals surface area contributed by atoms with E-state index in [1.165, 1.54) is 136 Å². The first kappa shape index (κ1) is 50.6. The third-order valence-corrected chi connectivity index (χ3v) is 16.4. The average molecular weight is 941 g/mol. The largest absolute Gasteiger partial charge is 0.376 e. The summed E-state index contributed by atoms with van der Waals surface area (Å²) in [4.78, 5) is 2.38. The summed E-state index contributed by atoms with van der Waals surface area (Å²) in [6.45, 7) is 4.52. The summed E-state index contributed by atoms with van der Waals surface area (Å²) in [6, 6.07) is 29.7. The molecule has 0 amide bonds. The molecule has 8 heteroatoms. The Morgan fingerprint density at radius 3 is 1.10 bits per heavy atom. The summed E-state index contributed by atoms with van der Waals surface area (Å²) in [5, 5.41) is 72.9. The fourth-order valence-corrected chi connectivity index (χ4v) is 12.6. The lowest BCUT2D eigenvalue weighted by Gasteiger charge is -2.16. The van der Waals surface area contributed by atoms with E-state index in [4.69, 9.17) is 0 Å². The highest BCUT2D eigenvalue weighted by molar-refractivity contribution is 7.14. The molecule has 0 bridgehead atoms. The number of benzene rings is 3. The van der Waals surface area contributed by atoms with Crippen LogP contribution in [0.3, 0.4) is 0 Å². The van der Waals surface area contributed by atoms with Crippen molar-refractivity contribution in [3.63, 3.8) is 0 Å². The minimum absolute atomic E-state index is 0.611. The molecular formula is C60H68N4O2S2. The van der Waals surface area contributed by atoms with Gasteiger partial charge >= 0.3 is 0 Å². The molecule has 5 aromatic rings. The zero-order chi connectivity index (χ0) is 47.8. The number of aliphatic hydroxyl groups is 2. The maximum Gasteiger partial charge on any atom is 0.160 e. The summed E-state index contributed by atoms with van der Waals surface area (Å²) in [5.74, 6) is -2.23. The molecule has 352 valence electrons. The van der Waals surface area contributed by atoms with Crippen LogP contribution in [0.25, 0.3) is 32.0 Å². The second-order valence-electron chi connectivity index (χ2n) is 19.1. The van der Waals surface area contributed by atoms with Gasteiger partial charge in [0.15, 0.2) is 12.2 Å². The van der Waals surface area contributed by atoms with Crippen LogP contribution in [0.4, 0.5) is 0 Å². The number of nitrogens with zero attached hydrogens (tertiary/aromatic N) is 4. The topological polar surface area (TPSA) is 136 Å². The summed E-state index contributed by atoms with van der Waals surface area (Å²) in [7, 11) is 0. The number of nitriles is 4. The van der Waals surface area contributed by atoms with Gasteiger partial charge in [-0.2, -0.15) is 21.0 Å². The second-order valence-corrected chi connectivity index (χ2v) is 20.9. The first-order chi connectivity index (χ1) is 33.4. The number of unbranched alkanes of at least 4 members (excludes halogenated alkanes) is 18. The molecule has 4 unspecified atom stereocenters. The van der Waals surface area contributed by atoms with Crippen molar-refractivity contribution in [1.29, 1.82) is 21.0 Å². The van der Waals surface area contributed by atoms with Crippen molar-refractivity contribution in [2.24, 2.45) is 11.8 Å². The van der Waals surface area contributed by atoms with E-state index in [0.717, 1.165) is 79.2 Å². The van der Waals surface area contributed by atoms with E-state index in [1.807, 2.05) is 24.3 Å².